The lowest BCUT2D eigenvalue weighted by Crippen LogP contribution is -2.02. The Hall–Kier alpha value is -3.97. The number of carbonyl (C=O) groups excluding carboxylic acids is 1. The molecule has 0 saturated carbocycles. The summed E-state index contributed by atoms with van der Waals surface area (Å²) in [5, 5.41) is 4.12. The Balaban J connectivity index is 1.71. The highest BCUT2D eigenvalue weighted by Crippen LogP contribution is 2.33. The van der Waals surface area contributed by atoms with E-state index < -0.39 is 5.97 Å². The molecule has 4 aromatic rings. The molecule has 0 N–H and O–H groups in total. The fourth-order valence-electron chi connectivity index (χ4n) is 3.71. The van der Waals surface area contributed by atoms with E-state index in [2.05, 4.69) is 29.2 Å². The van der Waals surface area contributed by atoms with Crippen LogP contribution >= 0.6 is 0 Å². The predicted molar refractivity (Wildman–Crippen MR) is 124 cm³/mol. The van der Waals surface area contributed by atoms with Gasteiger partial charge in [-0.3, -0.25) is 0 Å². The molecule has 4 rings (SSSR count). The van der Waals surface area contributed by atoms with Gasteiger partial charge in [0.15, 0.2) is 0 Å². The van der Waals surface area contributed by atoms with Gasteiger partial charge in [0.05, 0.1) is 32.0 Å². The van der Waals surface area contributed by atoms with Gasteiger partial charge < -0.3 is 18.7 Å². The van der Waals surface area contributed by atoms with Gasteiger partial charge in [-0.1, -0.05) is 35.5 Å². The molecule has 33 heavy (non-hydrogen) atoms. The molecule has 0 saturated heterocycles. The second kappa shape index (κ2) is 9.67. The van der Waals surface area contributed by atoms with Crippen molar-refractivity contribution in [3.05, 3.63) is 77.4 Å². The Labute approximate surface area is 191 Å². The number of carbonyl (C=O) groups is 1. The number of hydrogen-bond donors (Lipinski definition) is 0. The number of aromatic nitrogens is 2. The lowest BCUT2D eigenvalue weighted by atomic mass is 9.94. The summed E-state index contributed by atoms with van der Waals surface area (Å²) in [6.07, 6.45) is 0. The Morgan fingerprint density at radius 3 is 2.45 bits per heavy atom. The molecule has 0 radical (unpaired) electrons. The smallest absolute Gasteiger partial charge is 0.337 e. The summed E-state index contributed by atoms with van der Waals surface area (Å²) < 4.78 is 21.2. The van der Waals surface area contributed by atoms with E-state index in [1.54, 1.807) is 25.3 Å². The number of methoxy groups -OCH3 is 3. The lowest BCUT2D eigenvalue weighted by Gasteiger charge is -2.12. The van der Waals surface area contributed by atoms with E-state index in [0.29, 0.717) is 35.2 Å². The van der Waals surface area contributed by atoms with Crippen LogP contribution in [-0.4, -0.2) is 37.4 Å². The Bertz CT molecular complexity index is 1300. The molecule has 7 nitrogen and oxygen atoms in total. The van der Waals surface area contributed by atoms with E-state index in [4.69, 9.17) is 18.7 Å². The zero-order valence-electron chi connectivity index (χ0n) is 18.9. The summed E-state index contributed by atoms with van der Waals surface area (Å²) >= 11 is 0. The maximum Gasteiger partial charge on any atom is 0.337 e. The van der Waals surface area contributed by atoms with Crippen LogP contribution in [0, 0.1) is 6.92 Å². The van der Waals surface area contributed by atoms with Gasteiger partial charge in [0.2, 0.25) is 5.82 Å². The van der Waals surface area contributed by atoms with E-state index in [1.165, 1.54) is 19.8 Å². The molecule has 0 amide bonds. The maximum atomic E-state index is 11.8. The lowest BCUT2D eigenvalue weighted by molar-refractivity contribution is 0.0600. The summed E-state index contributed by atoms with van der Waals surface area (Å²) in [6, 6.07) is 19.2. The maximum absolute atomic E-state index is 11.8. The fourth-order valence-corrected chi connectivity index (χ4v) is 3.71. The third-order valence-electron chi connectivity index (χ3n) is 5.38. The third-order valence-corrected chi connectivity index (χ3v) is 5.38. The van der Waals surface area contributed by atoms with Crippen molar-refractivity contribution < 1.29 is 23.5 Å². The highest BCUT2D eigenvalue weighted by atomic mass is 16.5. The number of benzene rings is 3. The van der Waals surface area contributed by atoms with Crippen molar-refractivity contribution in [3.63, 3.8) is 0 Å². The minimum absolute atomic E-state index is 0.356. The van der Waals surface area contributed by atoms with Crippen LogP contribution in [0.3, 0.4) is 0 Å². The minimum Gasteiger partial charge on any atom is -0.496 e. The van der Waals surface area contributed by atoms with Gasteiger partial charge in [-0.2, -0.15) is 4.98 Å². The molecule has 0 aliphatic heterocycles. The van der Waals surface area contributed by atoms with Gasteiger partial charge in [-0.25, -0.2) is 4.79 Å². The summed E-state index contributed by atoms with van der Waals surface area (Å²) in [4.78, 5) is 16.4. The molecule has 168 valence electrons. The molecule has 0 spiro atoms. The first-order valence-corrected chi connectivity index (χ1v) is 10.3. The average Bonchev–Trinajstić information content (AvgIpc) is 3.34. The highest BCUT2D eigenvalue weighted by Gasteiger charge is 2.18. The Morgan fingerprint density at radius 1 is 0.939 bits per heavy atom. The van der Waals surface area contributed by atoms with Crippen molar-refractivity contribution in [2.75, 3.05) is 21.3 Å². The minimum atomic E-state index is -0.451. The van der Waals surface area contributed by atoms with E-state index in [1.807, 2.05) is 30.3 Å². The van der Waals surface area contributed by atoms with Crippen LogP contribution in [0.1, 0.15) is 21.5 Å². The number of ether oxygens (including phenoxy) is 3. The predicted octanol–water partition coefficient (Wildman–Crippen LogP) is 5.32. The van der Waals surface area contributed by atoms with Crippen molar-refractivity contribution in [2.24, 2.45) is 0 Å². The fraction of sp³-hybridized carbons (Fsp3) is 0.192. The van der Waals surface area contributed by atoms with E-state index in [-0.39, 0.29) is 0 Å². The van der Waals surface area contributed by atoms with Crippen LogP contribution in [0.25, 0.3) is 34.0 Å². The van der Waals surface area contributed by atoms with Crippen molar-refractivity contribution >= 4 is 5.97 Å². The van der Waals surface area contributed by atoms with Gasteiger partial charge in [-0.05, 0) is 59.5 Å². The van der Waals surface area contributed by atoms with Crippen LogP contribution in [0.5, 0.6) is 5.75 Å². The summed E-state index contributed by atoms with van der Waals surface area (Å²) in [6.45, 7) is 2.53. The van der Waals surface area contributed by atoms with E-state index in [9.17, 15) is 4.79 Å². The summed E-state index contributed by atoms with van der Waals surface area (Å²) in [5.41, 5.74) is 6.21. The second-order valence-electron chi connectivity index (χ2n) is 7.45. The molecule has 1 aromatic heterocycles. The number of rotatable bonds is 7. The number of aryl methyl sites for hydroxylation is 1. The first-order valence-electron chi connectivity index (χ1n) is 10.3. The van der Waals surface area contributed by atoms with Crippen LogP contribution < -0.4 is 4.74 Å². The topological polar surface area (TPSA) is 83.7 Å². The van der Waals surface area contributed by atoms with Gasteiger partial charge in [0.25, 0.3) is 5.89 Å². The van der Waals surface area contributed by atoms with Crippen LogP contribution in [0.2, 0.25) is 0 Å². The van der Waals surface area contributed by atoms with E-state index >= 15 is 0 Å². The normalized spacial score (nSPS) is 10.8. The van der Waals surface area contributed by atoms with E-state index in [0.717, 1.165) is 22.3 Å². The molecular weight excluding hydrogens is 420 g/mol. The monoisotopic (exact) mass is 444 g/mol. The molecule has 0 atom stereocenters. The van der Waals surface area contributed by atoms with Crippen molar-refractivity contribution in [3.8, 4) is 39.7 Å². The van der Waals surface area contributed by atoms with Gasteiger partial charge in [-0.15, -0.1) is 0 Å². The number of nitrogens with zero attached hydrogens (tertiary/aromatic N) is 2. The van der Waals surface area contributed by atoms with Crippen molar-refractivity contribution in [2.45, 2.75) is 13.5 Å². The van der Waals surface area contributed by atoms with Crippen LogP contribution in [0.15, 0.2) is 65.2 Å². The van der Waals surface area contributed by atoms with Gasteiger partial charge in [0.1, 0.15) is 5.75 Å². The highest BCUT2D eigenvalue weighted by molar-refractivity contribution is 5.91. The molecule has 0 bridgehead atoms. The van der Waals surface area contributed by atoms with Crippen molar-refractivity contribution in [1.29, 1.82) is 0 Å². The molecule has 0 fully saturated rings. The standard InChI is InChI=1S/C26H24N2O5/c1-16-7-5-6-8-20(16)21-11-9-17(13-19(21)15-30-2)25-27-24(28-33-25)22-12-10-18(26(29)32-4)14-23(22)31-3/h5-14H,15H2,1-4H3. The molecular formula is C26H24N2O5. The van der Waals surface area contributed by atoms with Gasteiger partial charge in [0, 0.05) is 12.7 Å². The summed E-state index contributed by atoms with van der Waals surface area (Å²) in [7, 11) is 4.52. The zero-order valence-corrected chi connectivity index (χ0v) is 18.9. The van der Waals surface area contributed by atoms with Crippen molar-refractivity contribution in [1.82, 2.24) is 10.1 Å². The van der Waals surface area contributed by atoms with Gasteiger partial charge >= 0.3 is 5.97 Å². The molecule has 3 aromatic carbocycles. The first-order chi connectivity index (χ1) is 16.0. The Morgan fingerprint density at radius 2 is 1.73 bits per heavy atom. The molecule has 1 heterocycles. The summed E-state index contributed by atoms with van der Waals surface area (Å²) in [5.74, 6) is 0.723. The molecule has 7 heteroatoms. The SMILES string of the molecule is COCc1cc(-c2nc(-c3ccc(C(=O)OC)cc3OC)no2)ccc1-c1ccccc1C. The number of esters is 1. The third kappa shape index (κ3) is 4.49. The quantitative estimate of drug-likeness (QED) is 0.357. The second-order valence-corrected chi connectivity index (χ2v) is 7.45. The van der Waals surface area contributed by atoms with Crippen LogP contribution in [-0.2, 0) is 16.1 Å². The largest absolute Gasteiger partial charge is 0.496 e. The Kier molecular flexibility index (Phi) is 6.51. The molecule has 0 aliphatic carbocycles. The number of hydrogen-bond acceptors (Lipinski definition) is 7. The molecule has 0 unspecified atom stereocenters. The first kappa shape index (κ1) is 22.2. The van der Waals surface area contributed by atoms with Crippen LogP contribution in [0.4, 0.5) is 0 Å². The zero-order chi connectivity index (χ0) is 23.4. The average molecular weight is 444 g/mol. The molecule has 0 aliphatic rings.